The quantitative estimate of drug-likeness (QED) is 0.614. The van der Waals surface area contributed by atoms with Crippen LogP contribution in [0.1, 0.15) is 35.6 Å². The number of halogens is 4. The minimum Gasteiger partial charge on any atom is -0.475 e. The lowest BCUT2D eigenvalue weighted by molar-refractivity contribution is -0.143. The second-order valence-electron chi connectivity index (χ2n) is 6.49. The molecular weight excluding hydrogens is 406 g/mol. The molecule has 0 unspecified atom stereocenters. The van der Waals surface area contributed by atoms with Gasteiger partial charge in [-0.15, -0.1) is 5.10 Å². The maximum absolute atomic E-state index is 13.7. The molecule has 2 aromatic heterocycles. The predicted molar refractivity (Wildman–Crippen MR) is 97.5 cm³/mol. The molecule has 0 saturated heterocycles. The van der Waals surface area contributed by atoms with Gasteiger partial charge in [0.1, 0.15) is 5.82 Å². The first-order valence-corrected chi connectivity index (χ1v) is 8.84. The number of benzene rings is 1. The molecule has 0 fully saturated rings. The predicted octanol–water partition coefficient (Wildman–Crippen LogP) is 3.54. The summed E-state index contributed by atoms with van der Waals surface area (Å²) in [5.74, 6) is -1.44. The van der Waals surface area contributed by atoms with E-state index < -0.39 is 29.3 Å². The van der Waals surface area contributed by atoms with E-state index >= 15 is 0 Å². The van der Waals surface area contributed by atoms with Gasteiger partial charge in [0.05, 0.1) is 11.8 Å². The van der Waals surface area contributed by atoms with E-state index in [1.54, 1.807) is 26.0 Å². The number of aromatic nitrogens is 4. The monoisotopic (exact) mass is 423 g/mol. The molecule has 0 aliphatic carbocycles. The number of carbonyl (C=O) groups is 1. The van der Waals surface area contributed by atoms with Crippen LogP contribution in [0.4, 0.5) is 17.6 Å². The Morgan fingerprint density at radius 3 is 2.53 bits per heavy atom. The summed E-state index contributed by atoms with van der Waals surface area (Å²) in [5.41, 5.74) is -1.87. The maximum Gasteiger partial charge on any atom is 0.435 e. The smallest absolute Gasteiger partial charge is 0.435 e. The van der Waals surface area contributed by atoms with Crippen molar-refractivity contribution >= 4 is 5.91 Å². The molecular formula is C19H17F4N5O2. The van der Waals surface area contributed by atoms with Crippen LogP contribution < -0.4 is 10.1 Å². The summed E-state index contributed by atoms with van der Waals surface area (Å²) >= 11 is 0. The molecule has 0 radical (unpaired) electrons. The molecule has 3 aromatic rings. The summed E-state index contributed by atoms with van der Waals surface area (Å²) in [6, 6.07) is 7.41. The van der Waals surface area contributed by atoms with Crippen molar-refractivity contribution in [3.8, 4) is 11.6 Å². The van der Waals surface area contributed by atoms with Crippen molar-refractivity contribution < 1.29 is 27.1 Å². The zero-order valence-corrected chi connectivity index (χ0v) is 15.9. The molecule has 0 saturated carbocycles. The Labute approximate surface area is 168 Å². The molecule has 1 amide bonds. The van der Waals surface area contributed by atoms with Gasteiger partial charge >= 0.3 is 6.18 Å². The lowest BCUT2D eigenvalue weighted by Gasteiger charge is -2.14. The Balaban J connectivity index is 1.87. The summed E-state index contributed by atoms with van der Waals surface area (Å²) in [6.45, 7) is 3.45. The molecule has 3 rings (SSSR count). The normalized spacial score (nSPS) is 11.6. The van der Waals surface area contributed by atoms with E-state index in [2.05, 4.69) is 20.6 Å². The molecule has 1 aromatic carbocycles. The highest BCUT2D eigenvalue weighted by atomic mass is 19.4. The zero-order valence-electron chi connectivity index (χ0n) is 15.9. The largest absolute Gasteiger partial charge is 0.475 e. The number of carbonyl (C=O) groups excluding carboxylic acids is 1. The average molecular weight is 423 g/mol. The van der Waals surface area contributed by atoms with Gasteiger partial charge in [-0.05, 0) is 44.2 Å². The highest BCUT2D eigenvalue weighted by Gasteiger charge is 2.42. The molecule has 0 aliphatic rings. The van der Waals surface area contributed by atoms with Crippen LogP contribution in [0.15, 0.2) is 42.6 Å². The van der Waals surface area contributed by atoms with Crippen molar-refractivity contribution in [3.63, 3.8) is 0 Å². The molecule has 1 N–H and O–H groups in total. The standard InChI is InChI=1S/C19H17F4N5O2/c1-11(2)30-18-12(4-3-9-24-18)10-25-17(29)15-16(19(21,22)23)28(27-26-15)14-7-5-13(20)6-8-14/h3-9,11H,10H2,1-2H3,(H,25,29). The highest BCUT2D eigenvalue weighted by molar-refractivity contribution is 5.93. The van der Waals surface area contributed by atoms with Gasteiger partial charge in [0.2, 0.25) is 5.88 Å². The van der Waals surface area contributed by atoms with Crippen molar-refractivity contribution in [3.05, 3.63) is 65.4 Å². The summed E-state index contributed by atoms with van der Waals surface area (Å²) in [5, 5.41) is 9.23. The minimum absolute atomic E-state index is 0.0878. The second kappa shape index (κ2) is 8.47. The van der Waals surface area contributed by atoms with Crippen molar-refractivity contribution in [1.82, 2.24) is 25.3 Å². The van der Waals surface area contributed by atoms with Gasteiger partial charge in [0.15, 0.2) is 11.4 Å². The van der Waals surface area contributed by atoms with Gasteiger partial charge in [-0.25, -0.2) is 14.1 Å². The summed E-state index contributed by atoms with van der Waals surface area (Å²) in [6.07, 6.45) is -3.61. The van der Waals surface area contributed by atoms with E-state index in [0.717, 1.165) is 24.3 Å². The van der Waals surface area contributed by atoms with E-state index in [9.17, 15) is 22.4 Å². The van der Waals surface area contributed by atoms with Crippen LogP contribution in [-0.4, -0.2) is 32.0 Å². The maximum atomic E-state index is 13.7. The SMILES string of the molecule is CC(C)Oc1ncccc1CNC(=O)c1nnn(-c2ccc(F)cc2)c1C(F)(F)F. The van der Waals surface area contributed by atoms with E-state index in [-0.39, 0.29) is 24.2 Å². The van der Waals surface area contributed by atoms with Gasteiger partial charge in [-0.2, -0.15) is 13.2 Å². The van der Waals surface area contributed by atoms with Crippen molar-refractivity contribution in [2.24, 2.45) is 0 Å². The van der Waals surface area contributed by atoms with Crippen LogP contribution in [0.25, 0.3) is 5.69 Å². The highest BCUT2D eigenvalue weighted by Crippen LogP contribution is 2.32. The molecule has 0 spiro atoms. The fourth-order valence-electron chi connectivity index (χ4n) is 2.60. The molecule has 0 aliphatic heterocycles. The summed E-state index contributed by atoms with van der Waals surface area (Å²) in [7, 11) is 0. The third-order valence-electron chi connectivity index (χ3n) is 3.86. The van der Waals surface area contributed by atoms with Crippen LogP contribution >= 0.6 is 0 Å². The third kappa shape index (κ3) is 4.73. The van der Waals surface area contributed by atoms with Gasteiger partial charge in [-0.1, -0.05) is 11.3 Å². The number of rotatable bonds is 6. The van der Waals surface area contributed by atoms with Crippen LogP contribution in [0.3, 0.4) is 0 Å². The van der Waals surface area contributed by atoms with Crippen LogP contribution in [0, 0.1) is 5.82 Å². The molecule has 7 nitrogen and oxygen atoms in total. The number of nitrogens with one attached hydrogen (secondary N) is 1. The van der Waals surface area contributed by atoms with Crippen LogP contribution in [-0.2, 0) is 12.7 Å². The average Bonchev–Trinajstić information content (AvgIpc) is 3.13. The van der Waals surface area contributed by atoms with E-state index in [1.807, 2.05) is 0 Å². The van der Waals surface area contributed by atoms with E-state index in [1.165, 1.54) is 6.20 Å². The lowest BCUT2D eigenvalue weighted by Crippen LogP contribution is -2.27. The number of hydrogen-bond donors (Lipinski definition) is 1. The lowest BCUT2D eigenvalue weighted by atomic mass is 10.2. The van der Waals surface area contributed by atoms with Crippen LogP contribution in [0.5, 0.6) is 5.88 Å². The minimum atomic E-state index is -4.93. The number of nitrogens with zero attached hydrogens (tertiary/aromatic N) is 4. The fourth-order valence-corrected chi connectivity index (χ4v) is 2.60. The van der Waals surface area contributed by atoms with Gasteiger partial charge < -0.3 is 10.1 Å². The summed E-state index contributed by atoms with van der Waals surface area (Å²) < 4.78 is 60.0. The van der Waals surface area contributed by atoms with Gasteiger partial charge in [0.25, 0.3) is 5.91 Å². The third-order valence-corrected chi connectivity index (χ3v) is 3.86. The molecule has 2 heterocycles. The van der Waals surface area contributed by atoms with E-state index in [4.69, 9.17) is 4.74 Å². The first-order valence-electron chi connectivity index (χ1n) is 8.84. The number of amides is 1. The Morgan fingerprint density at radius 2 is 1.90 bits per heavy atom. The Kier molecular flexibility index (Phi) is 5.99. The number of hydrogen-bond acceptors (Lipinski definition) is 5. The fraction of sp³-hybridized carbons (Fsp3) is 0.263. The number of alkyl halides is 3. The number of pyridine rings is 1. The van der Waals surface area contributed by atoms with Gasteiger partial charge in [-0.3, -0.25) is 4.79 Å². The number of ether oxygens (including phenoxy) is 1. The summed E-state index contributed by atoms with van der Waals surface area (Å²) in [4.78, 5) is 16.5. The molecule has 0 bridgehead atoms. The first-order chi connectivity index (χ1) is 14.2. The zero-order chi connectivity index (χ0) is 21.9. The van der Waals surface area contributed by atoms with Crippen LogP contribution in [0.2, 0.25) is 0 Å². The topological polar surface area (TPSA) is 81.9 Å². The molecule has 158 valence electrons. The second-order valence-corrected chi connectivity index (χ2v) is 6.49. The Hall–Kier alpha value is -3.50. The van der Waals surface area contributed by atoms with Crippen molar-refractivity contribution in [1.29, 1.82) is 0 Å². The molecule has 11 heteroatoms. The first kappa shape index (κ1) is 21.2. The molecule has 30 heavy (non-hydrogen) atoms. The van der Waals surface area contributed by atoms with E-state index in [0.29, 0.717) is 10.2 Å². The molecule has 0 atom stereocenters. The Bertz CT molecular complexity index is 1030. The van der Waals surface area contributed by atoms with Crippen molar-refractivity contribution in [2.75, 3.05) is 0 Å². The van der Waals surface area contributed by atoms with Gasteiger partial charge in [0, 0.05) is 18.3 Å². The Morgan fingerprint density at radius 1 is 1.20 bits per heavy atom. The van der Waals surface area contributed by atoms with Crippen molar-refractivity contribution in [2.45, 2.75) is 32.7 Å².